The van der Waals surface area contributed by atoms with Crippen molar-refractivity contribution in [2.45, 2.75) is 0 Å². The number of aromatic nitrogens is 2. The molecule has 5 aromatic rings. The van der Waals surface area contributed by atoms with Crippen molar-refractivity contribution in [1.82, 2.24) is 9.97 Å². The monoisotopic (exact) mass is 675 g/mol. The lowest BCUT2D eigenvalue weighted by molar-refractivity contribution is -0.111. The van der Waals surface area contributed by atoms with Gasteiger partial charge < -0.3 is 44.8 Å². The van der Waals surface area contributed by atoms with Gasteiger partial charge in [0.05, 0.1) is 48.4 Å². The number of carbonyl (C=O) groups is 1. The largest absolute Gasteiger partial charge is 0.493 e. The molecule has 1 amide bonds. The molecule has 0 atom stereocenters. The molecule has 4 N–H and O–H groups in total. The highest BCUT2D eigenvalue weighted by Gasteiger charge is 2.18. The first-order valence-electron chi connectivity index (χ1n) is 14.0. The third-order valence-electron chi connectivity index (χ3n) is 6.81. The molecule has 12 nitrogen and oxygen atoms in total. The summed E-state index contributed by atoms with van der Waals surface area (Å²) in [6, 6.07) is 14.5. The number of carbonyl (C=O) groups excluding carboxylic acids is 1. The van der Waals surface area contributed by atoms with E-state index in [1.807, 2.05) is 29.6 Å². The number of benzene rings is 3. The van der Waals surface area contributed by atoms with Crippen molar-refractivity contribution in [2.24, 2.45) is 0 Å². The molecule has 2 heterocycles. The lowest BCUT2D eigenvalue weighted by Crippen LogP contribution is -2.07. The van der Waals surface area contributed by atoms with E-state index in [-0.39, 0.29) is 5.91 Å². The minimum Gasteiger partial charge on any atom is -0.493 e. The second-order valence-electron chi connectivity index (χ2n) is 9.67. The van der Waals surface area contributed by atoms with Gasteiger partial charge in [0, 0.05) is 40.5 Å². The zero-order valence-corrected chi connectivity index (χ0v) is 28.1. The van der Waals surface area contributed by atoms with Gasteiger partial charge in [-0.15, -0.1) is 11.3 Å². The molecule has 244 valence electrons. The summed E-state index contributed by atoms with van der Waals surface area (Å²) in [6.07, 6.45) is 3.10. The summed E-state index contributed by atoms with van der Waals surface area (Å²) in [5, 5.41) is 9.39. The maximum absolute atomic E-state index is 12.8. The Hall–Kier alpha value is -5.47. The molecule has 0 bridgehead atoms. The number of thiazole rings is 2. The fraction of sp³-hybridized carbons (Fsp3) is 0.182. The highest BCUT2D eigenvalue weighted by atomic mass is 32.1. The number of nitrogens with zero attached hydrogens (tertiary/aromatic N) is 2. The predicted molar refractivity (Wildman–Crippen MR) is 186 cm³/mol. The number of nitrogen functional groups attached to an aromatic ring is 1. The van der Waals surface area contributed by atoms with Crippen molar-refractivity contribution < 1.29 is 33.2 Å². The van der Waals surface area contributed by atoms with Crippen molar-refractivity contribution in [3.8, 4) is 55.6 Å². The van der Waals surface area contributed by atoms with Crippen LogP contribution in [-0.4, -0.2) is 58.5 Å². The summed E-state index contributed by atoms with van der Waals surface area (Å²) in [5.41, 5.74) is 9.90. The van der Waals surface area contributed by atoms with Crippen LogP contribution in [0.25, 0.3) is 27.2 Å². The van der Waals surface area contributed by atoms with Crippen LogP contribution in [0.3, 0.4) is 0 Å². The molecule has 0 saturated carbocycles. The molecule has 14 heteroatoms. The second-order valence-corrected chi connectivity index (χ2v) is 11.5. The van der Waals surface area contributed by atoms with E-state index in [9.17, 15) is 4.79 Å². The van der Waals surface area contributed by atoms with Gasteiger partial charge in [-0.05, 0) is 35.9 Å². The molecule has 0 radical (unpaired) electrons. The Bertz CT molecular complexity index is 1870. The van der Waals surface area contributed by atoms with Crippen LogP contribution in [-0.2, 0) is 4.79 Å². The zero-order chi connectivity index (χ0) is 33.5. The van der Waals surface area contributed by atoms with Gasteiger partial charge in [0.15, 0.2) is 28.1 Å². The van der Waals surface area contributed by atoms with Gasteiger partial charge in [0.2, 0.25) is 17.4 Å². The van der Waals surface area contributed by atoms with Crippen LogP contribution >= 0.6 is 22.7 Å². The standard InChI is InChI=1S/C33H33N5O7S2/c1-40-23-12-18(13-24(41-2)28(23)44-5)10-11-27(39)35-20-9-7-8-19(14-20)22-17-46-32(37-22)30-31(34)38-33(47-30)36-21-15-25(42-3)29(45-6)26(16-21)43-4/h7-17H,34H2,1-6H3,(H,35,39)(H,36,38). The summed E-state index contributed by atoms with van der Waals surface area (Å²) in [6.45, 7) is 0. The first-order chi connectivity index (χ1) is 22.8. The molecule has 0 aliphatic heterocycles. The van der Waals surface area contributed by atoms with Gasteiger partial charge >= 0.3 is 0 Å². The van der Waals surface area contributed by atoms with E-state index in [0.29, 0.717) is 62.4 Å². The van der Waals surface area contributed by atoms with Gasteiger partial charge in [0.1, 0.15) is 15.7 Å². The number of nitrogens with one attached hydrogen (secondary N) is 2. The maximum atomic E-state index is 12.8. The van der Waals surface area contributed by atoms with Gasteiger partial charge in [0.25, 0.3) is 0 Å². The molecule has 0 unspecified atom stereocenters. The third-order valence-corrected chi connectivity index (χ3v) is 8.79. The molecule has 0 saturated heterocycles. The van der Waals surface area contributed by atoms with Gasteiger partial charge in [-0.3, -0.25) is 4.79 Å². The molecular formula is C33H33N5O7S2. The van der Waals surface area contributed by atoms with Crippen LogP contribution in [0.2, 0.25) is 0 Å². The Labute approximate surface area is 279 Å². The number of nitrogens with two attached hydrogens (primary N) is 1. The summed E-state index contributed by atoms with van der Waals surface area (Å²) >= 11 is 2.82. The fourth-order valence-corrected chi connectivity index (χ4v) is 6.47. The smallest absolute Gasteiger partial charge is 0.248 e. The van der Waals surface area contributed by atoms with Gasteiger partial charge in [-0.1, -0.05) is 23.5 Å². The Balaban J connectivity index is 1.29. The van der Waals surface area contributed by atoms with Crippen LogP contribution in [0.15, 0.2) is 60.0 Å². The summed E-state index contributed by atoms with van der Waals surface area (Å²) in [7, 11) is 9.27. The van der Waals surface area contributed by atoms with E-state index in [4.69, 9.17) is 39.1 Å². The van der Waals surface area contributed by atoms with Crippen molar-refractivity contribution >= 4 is 57.0 Å². The normalized spacial score (nSPS) is 10.9. The average Bonchev–Trinajstić information content (AvgIpc) is 3.72. The van der Waals surface area contributed by atoms with Crippen LogP contribution in [0.1, 0.15) is 5.56 Å². The average molecular weight is 676 g/mol. The predicted octanol–water partition coefficient (Wildman–Crippen LogP) is 6.96. The van der Waals surface area contributed by atoms with E-state index in [1.54, 1.807) is 51.7 Å². The highest BCUT2D eigenvalue weighted by molar-refractivity contribution is 7.23. The minimum atomic E-state index is -0.306. The molecule has 0 spiro atoms. The number of anilines is 4. The molecule has 0 aliphatic carbocycles. The van der Waals surface area contributed by atoms with Gasteiger partial charge in [-0.25, -0.2) is 9.97 Å². The maximum Gasteiger partial charge on any atom is 0.248 e. The van der Waals surface area contributed by atoms with Crippen molar-refractivity contribution in [3.05, 3.63) is 65.6 Å². The van der Waals surface area contributed by atoms with Crippen LogP contribution < -0.4 is 44.8 Å². The first kappa shape index (κ1) is 32.9. The van der Waals surface area contributed by atoms with E-state index >= 15 is 0 Å². The summed E-state index contributed by atoms with van der Waals surface area (Å²) in [4.78, 5) is 22.8. The molecule has 5 rings (SSSR count). The lowest BCUT2D eigenvalue weighted by atomic mass is 10.1. The Morgan fingerprint density at radius 1 is 0.787 bits per heavy atom. The first-order valence-corrected chi connectivity index (χ1v) is 15.7. The topological polar surface area (TPSA) is 148 Å². The fourth-order valence-electron chi connectivity index (χ4n) is 4.64. The summed E-state index contributed by atoms with van der Waals surface area (Å²) in [5.74, 6) is 3.02. The SMILES string of the molecule is COc1cc(C=CC(=O)Nc2cccc(-c3csc(-c4sc(Nc5cc(OC)c(OC)c(OC)c5)nc4N)n3)c2)cc(OC)c1OC. The van der Waals surface area contributed by atoms with Crippen molar-refractivity contribution in [3.63, 3.8) is 0 Å². The van der Waals surface area contributed by atoms with Crippen molar-refractivity contribution in [1.29, 1.82) is 0 Å². The molecule has 0 fully saturated rings. The van der Waals surface area contributed by atoms with Crippen LogP contribution in [0.5, 0.6) is 34.5 Å². The number of methoxy groups -OCH3 is 6. The number of ether oxygens (including phenoxy) is 6. The molecule has 3 aromatic carbocycles. The van der Waals surface area contributed by atoms with Gasteiger partial charge in [-0.2, -0.15) is 0 Å². The number of amides is 1. The van der Waals surface area contributed by atoms with Crippen LogP contribution in [0.4, 0.5) is 22.3 Å². The highest BCUT2D eigenvalue weighted by Crippen LogP contribution is 2.43. The van der Waals surface area contributed by atoms with E-state index in [2.05, 4.69) is 15.6 Å². The minimum absolute atomic E-state index is 0.306. The Morgan fingerprint density at radius 3 is 2.00 bits per heavy atom. The molecule has 0 aliphatic rings. The molecule has 47 heavy (non-hydrogen) atoms. The van der Waals surface area contributed by atoms with E-state index in [0.717, 1.165) is 21.1 Å². The summed E-state index contributed by atoms with van der Waals surface area (Å²) < 4.78 is 32.4. The number of hydrogen-bond donors (Lipinski definition) is 3. The zero-order valence-electron chi connectivity index (χ0n) is 26.5. The van der Waals surface area contributed by atoms with Crippen molar-refractivity contribution in [2.75, 3.05) is 59.0 Å². The Kier molecular flexibility index (Phi) is 10.3. The second kappa shape index (κ2) is 14.7. The Morgan fingerprint density at radius 2 is 1.40 bits per heavy atom. The third kappa shape index (κ3) is 7.34. The number of rotatable bonds is 13. The van der Waals surface area contributed by atoms with Crippen LogP contribution in [0, 0.1) is 0 Å². The lowest BCUT2D eigenvalue weighted by Gasteiger charge is -2.14. The molecule has 2 aromatic heterocycles. The molecular weight excluding hydrogens is 643 g/mol. The van der Waals surface area contributed by atoms with E-state index < -0.39 is 0 Å². The quantitative estimate of drug-likeness (QED) is 0.111. The number of hydrogen-bond acceptors (Lipinski definition) is 13. The van der Waals surface area contributed by atoms with E-state index in [1.165, 1.54) is 50.1 Å².